The van der Waals surface area contributed by atoms with Crippen molar-refractivity contribution in [3.05, 3.63) is 11.6 Å². The van der Waals surface area contributed by atoms with Crippen LogP contribution in [0, 0.1) is 0 Å². The normalized spacial score (nSPS) is 30.4. The highest BCUT2D eigenvalue weighted by Gasteiger charge is 2.29. The fourth-order valence-electron chi connectivity index (χ4n) is 2.82. The van der Waals surface area contributed by atoms with Crippen LogP contribution in [0.15, 0.2) is 11.6 Å². The number of hydrogen-bond donors (Lipinski definition) is 1. The lowest BCUT2D eigenvalue weighted by molar-refractivity contribution is 0.106. The highest BCUT2D eigenvalue weighted by molar-refractivity contribution is 5.08. The van der Waals surface area contributed by atoms with E-state index in [2.05, 4.69) is 37.1 Å². The highest BCUT2D eigenvalue weighted by atomic mass is 15.2. The zero-order valence-electron chi connectivity index (χ0n) is 11.1. The summed E-state index contributed by atoms with van der Waals surface area (Å²) in [6.07, 6.45) is 7.80. The SMILES string of the molecule is CC1CNC(C)(C)CN1CCC1=CCCC1. The Labute approximate surface area is 100 Å². The van der Waals surface area contributed by atoms with Crippen molar-refractivity contribution in [3.8, 4) is 0 Å². The van der Waals surface area contributed by atoms with E-state index < -0.39 is 0 Å². The van der Waals surface area contributed by atoms with Gasteiger partial charge in [-0.3, -0.25) is 4.90 Å². The van der Waals surface area contributed by atoms with E-state index in [-0.39, 0.29) is 5.54 Å². The first-order chi connectivity index (χ1) is 7.57. The van der Waals surface area contributed by atoms with E-state index in [1.165, 1.54) is 38.8 Å². The van der Waals surface area contributed by atoms with Crippen LogP contribution in [0.3, 0.4) is 0 Å². The maximum absolute atomic E-state index is 3.61. The lowest BCUT2D eigenvalue weighted by Gasteiger charge is -2.43. The molecule has 0 aromatic heterocycles. The molecule has 0 bridgehead atoms. The molecule has 92 valence electrons. The van der Waals surface area contributed by atoms with Crippen molar-refractivity contribution in [1.29, 1.82) is 0 Å². The third-order valence-electron chi connectivity index (χ3n) is 3.95. The van der Waals surface area contributed by atoms with Crippen molar-refractivity contribution in [2.45, 2.75) is 58.0 Å². The van der Waals surface area contributed by atoms with Gasteiger partial charge in [-0.15, -0.1) is 0 Å². The van der Waals surface area contributed by atoms with Crippen LogP contribution < -0.4 is 5.32 Å². The fraction of sp³-hybridized carbons (Fsp3) is 0.857. The van der Waals surface area contributed by atoms with Gasteiger partial charge < -0.3 is 5.32 Å². The average molecular weight is 222 g/mol. The standard InChI is InChI=1S/C14H26N2/c1-12-10-15-14(2,3)11-16(12)9-8-13-6-4-5-7-13/h6,12,15H,4-5,7-11H2,1-3H3. The van der Waals surface area contributed by atoms with Gasteiger partial charge in [-0.1, -0.05) is 11.6 Å². The molecule has 0 radical (unpaired) electrons. The van der Waals surface area contributed by atoms with Crippen LogP contribution in [-0.4, -0.2) is 36.1 Å². The second-order valence-electron chi connectivity index (χ2n) is 6.09. The average Bonchev–Trinajstić information content (AvgIpc) is 2.72. The Morgan fingerprint density at radius 1 is 1.50 bits per heavy atom. The van der Waals surface area contributed by atoms with Crippen LogP contribution in [0.2, 0.25) is 0 Å². The molecule has 2 heteroatoms. The van der Waals surface area contributed by atoms with Crippen molar-refractivity contribution in [2.75, 3.05) is 19.6 Å². The molecule has 0 amide bonds. The minimum Gasteiger partial charge on any atom is -0.309 e. The molecule has 0 aromatic rings. The van der Waals surface area contributed by atoms with Crippen LogP contribution in [0.25, 0.3) is 0 Å². The van der Waals surface area contributed by atoms with Gasteiger partial charge in [-0.2, -0.15) is 0 Å². The smallest absolute Gasteiger partial charge is 0.0252 e. The molecule has 1 saturated heterocycles. The van der Waals surface area contributed by atoms with Crippen molar-refractivity contribution in [1.82, 2.24) is 10.2 Å². The number of hydrogen-bond acceptors (Lipinski definition) is 2. The van der Waals surface area contributed by atoms with E-state index in [0.29, 0.717) is 6.04 Å². The van der Waals surface area contributed by atoms with Crippen LogP contribution >= 0.6 is 0 Å². The molecule has 0 aromatic carbocycles. The van der Waals surface area contributed by atoms with Gasteiger partial charge in [-0.05, 0) is 46.5 Å². The lowest BCUT2D eigenvalue weighted by Crippen LogP contribution is -2.60. The number of allylic oxidation sites excluding steroid dienone is 1. The highest BCUT2D eigenvalue weighted by Crippen LogP contribution is 2.22. The molecule has 1 N–H and O–H groups in total. The number of piperazine rings is 1. The second-order valence-corrected chi connectivity index (χ2v) is 6.09. The van der Waals surface area contributed by atoms with Gasteiger partial charge in [-0.25, -0.2) is 0 Å². The first-order valence-electron chi connectivity index (χ1n) is 6.74. The Balaban J connectivity index is 1.82. The van der Waals surface area contributed by atoms with E-state index in [4.69, 9.17) is 0 Å². The predicted octanol–water partition coefficient (Wildman–Crippen LogP) is 2.56. The predicted molar refractivity (Wildman–Crippen MR) is 69.7 cm³/mol. The van der Waals surface area contributed by atoms with E-state index in [1.54, 1.807) is 5.57 Å². The zero-order chi connectivity index (χ0) is 11.6. The maximum Gasteiger partial charge on any atom is 0.0252 e. The molecule has 0 saturated carbocycles. The summed E-state index contributed by atoms with van der Waals surface area (Å²) < 4.78 is 0. The lowest BCUT2D eigenvalue weighted by atomic mass is 9.98. The van der Waals surface area contributed by atoms with E-state index in [9.17, 15) is 0 Å². The summed E-state index contributed by atoms with van der Waals surface area (Å²) in [4.78, 5) is 2.65. The molecule has 0 spiro atoms. The summed E-state index contributed by atoms with van der Waals surface area (Å²) in [5, 5.41) is 3.61. The molecule has 1 fully saturated rings. The minimum atomic E-state index is 0.288. The van der Waals surface area contributed by atoms with Crippen molar-refractivity contribution in [2.24, 2.45) is 0 Å². The molecule has 2 aliphatic rings. The van der Waals surface area contributed by atoms with Crippen LogP contribution in [0.5, 0.6) is 0 Å². The molecular weight excluding hydrogens is 196 g/mol. The first kappa shape index (κ1) is 12.1. The summed E-state index contributed by atoms with van der Waals surface area (Å²) in [7, 11) is 0. The van der Waals surface area contributed by atoms with Gasteiger partial charge >= 0.3 is 0 Å². The Morgan fingerprint density at radius 3 is 3.00 bits per heavy atom. The monoisotopic (exact) mass is 222 g/mol. The topological polar surface area (TPSA) is 15.3 Å². The van der Waals surface area contributed by atoms with Gasteiger partial charge in [0.2, 0.25) is 0 Å². The summed E-state index contributed by atoms with van der Waals surface area (Å²) in [5.74, 6) is 0. The fourth-order valence-corrected chi connectivity index (χ4v) is 2.82. The van der Waals surface area contributed by atoms with Gasteiger partial charge in [0.25, 0.3) is 0 Å². The molecule has 1 aliphatic heterocycles. The Bertz CT molecular complexity index is 268. The van der Waals surface area contributed by atoms with E-state index >= 15 is 0 Å². The molecular formula is C14H26N2. The first-order valence-corrected chi connectivity index (χ1v) is 6.74. The van der Waals surface area contributed by atoms with E-state index in [1.807, 2.05) is 0 Å². The molecule has 1 aliphatic carbocycles. The minimum absolute atomic E-state index is 0.288. The molecule has 2 rings (SSSR count). The van der Waals surface area contributed by atoms with Crippen molar-refractivity contribution >= 4 is 0 Å². The maximum atomic E-state index is 3.61. The van der Waals surface area contributed by atoms with Gasteiger partial charge in [0.15, 0.2) is 0 Å². The van der Waals surface area contributed by atoms with Gasteiger partial charge in [0.1, 0.15) is 0 Å². The molecule has 16 heavy (non-hydrogen) atoms. The third kappa shape index (κ3) is 3.08. The Kier molecular flexibility index (Phi) is 3.70. The van der Waals surface area contributed by atoms with Crippen LogP contribution in [0.4, 0.5) is 0 Å². The molecule has 1 heterocycles. The van der Waals surface area contributed by atoms with Crippen molar-refractivity contribution < 1.29 is 0 Å². The summed E-state index contributed by atoms with van der Waals surface area (Å²) in [6.45, 7) is 10.5. The summed E-state index contributed by atoms with van der Waals surface area (Å²) >= 11 is 0. The molecule has 1 atom stereocenters. The quantitative estimate of drug-likeness (QED) is 0.738. The van der Waals surface area contributed by atoms with Crippen molar-refractivity contribution in [3.63, 3.8) is 0 Å². The number of nitrogens with one attached hydrogen (secondary N) is 1. The second kappa shape index (κ2) is 4.89. The summed E-state index contributed by atoms with van der Waals surface area (Å²) in [6, 6.07) is 0.690. The van der Waals surface area contributed by atoms with Gasteiger partial charge in [0.05, 0.1) is 0 Å². The van der Waals surface area contributed by atoms with E-state index in [0.717, 1.165) is 6.54 Å². The van der Waals surface area contributed by atoms with Crippen LogP contribution in [-0.2, 0) is 0 Å². The largest absolute Gasteiger partial charge is 0.309 e. The van der Waals surface area contributed by atoms with Gasteiger partial charge in [0, 0.05) is 31.2 Å². The third-order valence-corrected chi connectivity index (χ3v) is 3.95. The zero-order valence-corrected chi connectivity index (χ0v) is 11.1. The molecule has 1 unspecified atom stereocenters. The Morgan fingerprint density at radius 2 is 2.31 bits per heavy atom. The van der Waals surface area contributed by atoms with Crippen LogP contribution in [0.1, 0.15) is 46.5 Å². The number of nitrogens with zero attached hydrogens (tertiary/aromatic N) is 1. The number of rotatable bonds is 3. The Hall–Kier alpha value is -0.340. The summed E-state index contributed by atoms with van der Waals surface area (Å²) in [5.41, 5.74) is 1.99. The molecule has 2 nitrogen and oxygen atoms in total.